The van der Waals surface area contributed by atoms with Crippen LogP contribution >= 0.6 is 0 Å². The van der Waals surface area contributed by atoms with Gasteiger partial charge in [-0.3, -0.25) is 9.59 Å². The van der Waals surface area contributed by atoms with E-state index in [9.17, 15) is 9.59 Å². The number of piperidine rings is 1. The fourth-order valence-electron chi connectivity index (χ4n) is 3.44. The summed E-state index contributed by atoms with van der Waals surface area (Å²) in [7, 11) is 0. The van der Waals surface area contributed by atoms with Gasteiger partial charge in [0.1, 0.15) is 11.5 Å². The minimum absolute atomic E-state index is 0.0383. The minimum Gasteiger partial charge on any atom is -0.457 e. The van der Waals surface area contributed by atoms with Gasteiger partial charge in [-0.05, 0) is 56.2 Å². The van der Waals surface area contributed by atoms with Crippen molar-refractivity contribution >= 4 is 17.5 Å². The molecule has 1 aliphatic heterocycles. The Balaban J connectivity index is 1.57. The van der Waals surface area contributed by atoms with Crippen molar-refractivity contribution in [2.45, 2.75) is 40.5 Å². The zero-order valence-electron chi connectivity index (χ0n) is 17.7. The zero-order valence-corrected chi connectivity index (χ0v) is 17.7. The molecular weight excluding hydrogens is 364 g/mol. The van der Waals surface area contributed by atoms with Gasteiger partial charge in [-0.1, -0.05) is 38.5 Å². The molecule has 1 fully saturated rings. The Morgan fingerprint density at radius 1 is 1.00 bits per heavy atom. The van der Waals surface area contributed by atoms with Crippen LogP contribution in [-0.4, -0.2) is 29.8 Å². The number of hydrogen-bond acceptors (Lipinski definition) is 3. The summed E-state index contributed by atoms with van der Waals surface area (Å²) in [4.78, 5) is 27.1. The summed E-state index contributed by atoms with van der Waals surface area (Å²) < 4.78 is 5.83. The highest BCUT2D eigenvalue weighted by molar-refractivity contribution is 5.93. The molecular formula is C24H30N2O3. The first-order chi connectivity index (χ1) is 13.7. The number of carbonyl (C=O) groups excluding carboxylic acids is 2. The van der Waals surface area contributed by atoms with Gasteiger partial charge in [0.15, 0.2) is 0 Å². The molecule has 29 heavy (non-hydrogen) atoms. The number of hydrogen-bond donors (Lipinski definition) is 1. The van der Waals surface area contributed by atoms with Gasteiger partial charge < -0.3 is 15.0 Å². The third-order valence-electron chi connectivity index (χ3n) is 5.10. The number of ether oxygens (including phenoxy) is 1. The van der Waals surface area contributed by atoms with E-state index in [1.807, 2.05) is 81.1 Å². The van der Waals surface area contributed by atoms with Crippen molar-refractivity contribution in [2.75, 3.05) is 18.4 Å². The van der Waals surface area contributed by atoms with Gasteiger partial charge in [-0.2, -0.15) is 0 Å². The Labute approximate surface area is 173 Å². The molecule has 0 aliphatic carbocycles. The lowest BCUT2D eigenvalue weighted by molar-refractivity contribution is -0.142. The van der Waals surface area contributed by atoms with Crippen LogP contribution in [0.4, 0.5) is 5.69 Å². The molecule has 0 bridgehead atoms. The number of rotatable bonds is 4. The molecule has 0 aromatic heterocycles. The Morgan fingerprint density at radius 2 is 1.59 bits per heavy atom. The Hall–Kier alpha value is -2.82. The van der Waals surface area contributed by atoms with Crippen molar-refractivity contribution in [3.8, 4) is 11.5 Å². The summed E-state index contributed by atoms with van der Waals surface area (Å²) in [6.07, 6.45) is 1.65. The highest BCUT2D eigenvalue weighted by Crippen LogP contribution is 2.26. The molecule has 154 valence electrons. The maximum atomic E-state index is 12.7. The van der Waals surface area contributed by atoms with Gasteiger partial charge in [0.25, 0.3) is 0 Å². The SMILES string of the molecule is Cc1ccc(Oc2ccc(NC(=O)C3CCCN(C(=O)C(C)(C)C)C3)cc2)cc1. The molecule has 2 aromatic carbocycles. The molecule has 1 aliphatic rings. The normalized spacial score (nSPS) is 17.0. The van der Waals surface area contributed by atoms with E-state index in [0.29, 0.717) is 12.3 Å². The van der Waals surface area contributed by atoms with E-state index in [1.54, 1.807) is 0 Å². The molecule has 0 saturated carbocycles. The van der Waals surface area contributed by atoms with E-state index in [4.69, 9.17) is 4.74 Å². The summed E-state index contributed by atoms with van der Waals surface area (Å²) in [6.45, 7) is 8.99. The molecule has 1 N–H and O–H groups in total. The first kappa shape index (κ1) is 20.9. The fraction of sp³-hybridized carbons (Fsp3) is 0.417. The number of aryl methyl sites for hydroxylation is 1. The average Bonchev–Trinajstić information content (AvgIpc) is 2.70. The number of likely N-dealkylation sites (tertiary alicyclic amines) is 1. The van der Waals surface area contributed by atoms with Crippen molar-refractivity contribution in [3.63, 3.8) is 0 Å². The molecule has 1 unspecified atom stereocenters. The number of anilines is 1. The van der Waals surface area contributed by atoms with E-state index < -0.39 is 5.41 Å². The first-order valence-electron chi connectivity index (χ1n) is 10.2. The quantitative estimate of drug-likeness (QED) is 0.793. The van der Waals surface area contributed by atoms with Gasteiger partial charge in [0.05, 0.1) is 5.92 Å². The van der Waals surface area contributed by atoms with Crippen LogP contribution in [0.25, 0.3) is 0 Å². The van der Waals surface area contributed by atoms with Gasteiger partial charge in [0.2, 0.25) is 11.8 Å². The second-order valence-electron chi connectivity index (χ2n) is 8.77. The summed E-state index contributed by atoms with van der Waals surface area (Å²) in [5.74, 6) is 1.37. The molecule has 2 aromatic rings. The Morgan fingerprint density at radius 3 is 2.17 bits per heavy atom. The van der Waals surface area contributed by atoms with Gasteiger partial charge >= 0.3 is 0 Å². The molecule has 3 rings (SSSR count). The van der Waals surface area contributed by atoms with Gasteiger partial charge in [0, 0.05) is 24.2 Å². The lowest BCUT2D eigenvalue weighted by Gasteiger charge is -2.35. The molecule has 1 heterocycles. The zero-order chi connectivity index (χ0) is 21.0. The van der Waals surface area contributed by atoms with Crippen molar-refractivity contribution in [1.82, 2.24) is 4.90 Å². The van der Waals surface area contributed by atoms with Crippen molar-refractivity contribution in [2.24, 2.45) is 11.3 Å². The number of nitrogens with one attached hydrogen (secondary N) is 1. The second kappa shape index (κ2) is 8.68. The standard InChI is InChI=1S/C24H30N2O3/c1-17-7-11-20(12-8-17)29-21-13-9-19(10-14-21)25-22(27)18-6-5-15-26(16-18)23(28)24(2,3)4/h7-14,18H,5-6,15-16H2,1-4H3,(H,25,27). The van der Waals surface area contributed by atoms with Crippen molar-refractivity contribution < 1.29 is 14.3 Å². The molecule has 1 atom stereocenters. The van der Waals surface area contributed by atoms with Crippen molar-refractivity contribution in [3.05, 3.63) is 54.1 Å². The Kier molecular flexibility index (Phi) is 6.26. The number of carbonyl (C=O) groups is 2. The smallest absolute Gasteiger partial charge is 0.229 e. The predicted molar refractivity (Wildman–Crippen MR) is 115 cm³/mol. The second-order valence-corrected chi connectivity index (χ2v) is 8.77. The maximum absolute atomic E-state index is 12.7. The average molecular weight is 395 g/mol. The predicted octanol–water partition coefficient (Wildman–Crippen LogP) is 5.01. The molecule has 5 heteroatoms. The molecule has 5 nitrogen and oxygen atoms in total. The van der Waals surface area contributed by atoms with Crippen LogP contribution in [0.1, 0.15) is 39.2 Å². The summed E-state index contributed by atoms with van der Waals surface area (Å²) in [5, 5.41) is 2.98. The van der Waals surface area contributed by atoms with Crippen molar-refractivity contribution in [1.29, 1.82) is 0 Å². The van der Waals surface area contributed by atoms with E-state index in [1.165, 1.54) is 5.56 Å². The fourth-order valence-corrected chi connectivity index (χ4v) is 3.44. The topological polar surface area (TPSA) is 58.6 Å². The third-order valence-corrected chi connectivity index (χ3v) is 5.10. The molecule has 0 radical (unpaired) electrons. The first-order valence-corrected chi connectivity index (χ1v) is 10.2. The summed E-state index contributed by atoms with van der Waals surface area (Å²) >= 11 is 0. The van der Waals surface area contributed by atoms with Crippen LogP contribution in [0.3, 0.4) is 0 Å². The Bertz CT molecular complexity index is 851. The van der Waals surface area contributed by atoms with E-state index in [-0.39, 0.29) is 17.7 Å². The van der Waals surface area contributed by atoms with E-state index in [0.717, 1.165) is 30.8 Å². The lowest BCUT2D eigenvalue weighted by atomic mass is 9.91. The molecule has 2 amide bonds. The number of benzene rings is 2. The van der Waals surface area contributed by atoms with Crippen LogP contribution in [-0.2, 0) is 9.59 Å². The van der Waals surface area contributed by atoms with Crippen LogP contribution in [0.2, 0.25) is 0 Å². The van der Waals surface area contributed by atoms with E-state index in [2.05, 4.69) is 5.32 Å². The largest absolute Gasteiger partial charge is 0.457 e. The van der Waals surface area contributed by atoms with Crippen LogP contribution in [0.5, 0.6) is 11.5 Å². The lowest BCUT2D eigenvalue weighted by Crippen LogP contribution is -2.47. The molecule has 1 saturated heterocycles. The summed E-state index contributed by atoms with van der Waals surface area (Å²) in [6, 6.07) is 15.2. The van der Waals surface area contributed by atoms with Crippen LogP contribution < -0.4 is 10.1 Å². The monoisotopic (exact) mass is 394 g/mol. The number of nitrogens with zero attached hydrogens (tertiary/aromatic N) is 1. The highest BCUT2D eigenvalue weighted by atomic mass is 16.5. The van der Waals surface area contributed by atoms with E-state index >= 15 is 0 Å². The van der Waals surface area contributed by atoms with Gasteiger partial charge in [-0.15, -0.1) is 0 Å². The van der Waals surface area contributed by atoms with Crippen LogP contribution in [0, 0.1) is 18.3 Å². The number of amides is 2. The summed E-state index contributed by atoms with van der Waals surface area (Å²) in [5.41, 5.74) is 1.48. The van der Waals surface area contributed by atoms with Gasteiger partial charge in [-0.25, -0.2) is 0 Å². The highest BCUT2D eigenvalue weighted by Gasteiger charge is 2.33. The third kappa shape index (κ3) is 5.59. The maximum Gasteiger partial charge on any atom is 0.229 e. The molecule has 0 spiro atoms. The minimum atomic E-state index is -0.425. The van der Waals surface area contributed by atoms with Crippen LogP contribution in [0.15, 0.2) is 48.5 Å².